The number of ether oxygens (including phenoxy) is 1. The van der Waals surface area contributed by atoms with Gasteiger partial charge in [0.1, 0.15) is 12.1 Å². The molecular formula is C11H18N4O2. The molecule has 6 heteroatoms. The molecule has 1 amide bonds. The molecule has 0 fully saturated rings. The first-order chi connectivity index (χ1) is 8.11. The van der Waals surface area contributed by atoms with Gasteiger partial charge in [0.25, 0.3) is 0 Å². The lowest BCUT2D eigenvalue weighted by atomic mass is 10.3. The van der Waals surface area contributed by atoms with E-state index in [1.54, 1.807) is 13.2 Å². The highest BCUT2D eigenvalue weighted by atomic mass is 16.5. The molecule has 6 nitrogen and oxygen atoms in total. The molecule has 0 radical (unpaired) electrons. The van der Waals surface area contributed by atoms with Gasteiger partial charge in [-0.2, -0.15) is 0 Å². The Balaban J connectivity index is 2.32. The van der Waals surface area contributed by atoms with Gasteiger partial charge in [-0.25, -0.2) is 9.97 Å². The molecular weight excluding hydrogens is 220 g/mol. The minimum Gasteiger partial charge on any atom is -0.481 e. The number of aromatic nitrogens is 2. The molecule has 2 N–H and O–H groups in total. The van der Waals surface area contributed by atoms with Crippen LogP contribution in [0.1, 0.15) is 20.3 Å². The van der Waals surface area contributed by atoms with Gasteiger partial charge in [-0.15, -0.1) is 0 Å². The number of hydrogen-bond acceptors (Lipinski definition) is 5. The fourth-order valence-electron chi connectivity index (χ4n) is 1.25. The van der Waals surface area contributed by atoms with E-state index in [2.05, 4.69) is 20.6 Å². The molecule has 0 saturated heterocycles. The average molecular weight is 238 g/mol. The number of carbonyl (C=O) groups is 1. The fourth-order valence-corrected chi connectivity index (χ4v) is 1.25. The summed E-state index contributed by atoms with van der Waals surface area (Å²) < 4.78 is 4.96. The highest BCUT2D eigenvalue weighted by molar-refractivity contribution is 5.76. The van der Waals surface area contributed by atoms with Crippen molar-refractivity contribution >= 4 is 11.7 Å². The minimum atomic E-state index is 0.0218. The second-order valence-electron chi connectivity index (χ2n) is 3.84. The van der Waals surface area contributed by atoms with Gasteiger partial charge >= 0.3 is 0 Å². The minimum absolute atomic E-state index is 0.0218. The van der Waals surface area contributed by atoms with E-state index in [4.69, 9.17) is 4.74 Å². The smallest absolute Gasteiger partial charge is 0.221 e. The normalized spacial score (nSPS) is 10.1. The molecule has 0 aromatic carbocycles. The maximum Gasteiger partial charge on any atom is 0.221 e. The van der Waals surface area contributed by atoms with E-state index in [-0.39, 0.29) is 11.9 Å². The maximum absolute atomic E-state index is 11.4. The number of nitrogens with zero attached hydrogens (tertiary/aromatic N) is 2. The zero-order valence-corrected chi connectivity index (χ0v) is 10.4. The second-order valence-corrected chi connectivity index (χ2v) is 3.84. The van der Waals surface area contributed by atoms with E-state index in [0.717, 1.165) is 0 Å². The molecule has 1 rings (SSSR count). The number of nitrogens with one attached hydrogen (secondary N) is 2. The molecule has 0 aliphatic carbocycles. The van der Waals surface area contributed by atoms with Crippen molar-refractivity contribution in [1.29, 1.82) is 0 Å². The number of rotatable bonds is 6. The van der Waals surface area contributed by atoms with E-state index in [0.29, 0.717) is 24.7 Å². The maximum atomic E-state index is 11.4. The van der Waals surface area contributed by atoms with Crippen LogP contribution in [0, 0.1) is 0 Å². The lowest BCUT2D eigenvalue weighted by molar-refractivity contribution is -0.121. The molecule has 0 unspecified atom stereocenters. The summed E-state index contributed by atoms with van der Waals surface area (Å²) in [6.07, 6.45) is 1.82. The number of carbonyl (C=O) groups excluding carboxylic acids is 1. The molecule has 94 valence electrons. The van der Waals surface area contributed by atoms with Crippen molar-refractivity contribution in [1.82, 2.24) is 15.3 Å². The highest BCUT2D eigenvalue weighted by Crippen LogP contribution is 2.09. The predicted octanol–water partition coefficient (Wildman–Crippen LogP) is 0.812. The van der Waals surface area contributed by atoms with Crippen LogP contribution in [-0.2, 0) is 4.79 Å². The van der Waals surface area contributed by atoms with Crippen LogP contribution in [0.15, 0.2) is 12.4 Å². The van der Waals surface area contributed by atoms with Gasteiger partial charge in [-0.3, -0.25) is 4.79 Å². The van der Waals surface area contributed by atoms with Gasteiger partial charge < -0.3 is 15.4 Å². The third kappa shape index (κ3) is 5.14. The molecule has 0 saturated carbocycles. The quantitative estimate of drug-likeness (QED) is 0.767. The van der Waals surface area contributed by atoms with E-state index >= 15 is 0 Å². The largest absolute Gasteiger partial charge is 0.481 e. The van der Waals surface area contributed by atoms with E-state index in [9.17, 15) is 4.79 Å². The molecule has 0 aliphatic rings. The average Bonchev–Trinajstić information content (AvgIpc) is 2.28. The van der Waals surface area contributed by atoms with Crippen LogP contribution in [0.4, 0.5) is 5.82 Å². The first kappa shape index (κ1) is 13.2. The number of anilines is 1. The molecule has 0 atom stereocenters. The monoisotopic (exact) mass is 238 g/mol. The Bertz CT molecular complexity index is 368. The summed E-state index contributed by atoms with van der Waals surface area (Å²) in [4.78, 5) is 19.3. The van der Waals surface area contributed by atoms with E-state index < -0.39 is 0 Å². The summed E-state index contributed by atoms with van der Waals surface area (Å²) in [5, 5.41) is 5.85. The van der Waals surface area contributed by atoms with Crippen molar-refractivity contribution < 1.29 is 9.53 Å². The predicted molar refractivity (Wildman–Crippen MR) is 65.0 cm³/mol. The zero-order valence-electron chi connectivity index (χ0n) is 10.4. The third-order valence-electron chi connectivity index (χ3n) is 1.96. The molecule has 0 spiro atoms. The van der Waals surface area contributed by atoms with Crippen LogP contribution < -0.4 is 15.4 Å². The van der Waals surface area contributed by atoms with Gasteiger partial charge in [0.2, 0.25) is 11.8 Å². The van der Waals surface area contributed by atoms with Crippen LogP contribution in [0.25, 0.3) is 0 Å². The first-order valence-corrected chi connectivity index (χ1v) is 5.51. The molecule has 1 heterocycles. The summed E-state index contributed by atoms with van der Waals surface area (Å²) in [5.74, 6) is 1.16. The first-order valence-electron chi connectivity index (χ1n) is 5.51. The van der Waals surface area contributed by atoms with Crippen molar-refractivity contribution in [2.24, 2.45) is 0 Å². The Morgan fingerprint density at radius 3 is 2.88 bits per heavy atom. The van der Waals surface area contributed by atoms with E-state index in [1.807, 2.05) is 13.8 Å². The molecule has 0 aliphatic heterocycles. The number of hydrogen-bond donors (Lipinski definition) is 2. The Kier molecular flexibility index (Phi) is 5.19. The Hall–Kier alpha value is -1.85. The summed E-state index contributed by atoms with van der Waals surface area (Å²) in [5.41, 5.74) is 0. The zero-order chi connectivity index (χ0) is 12.7. The van der Waals surface area contributed by atoms with Crippen molar-refractivity contribution in [3.05, 3.63) is 12.4 Å². The van der Waals surface area contributed by atoms with Gasteiger partial charge in [0, 0.05) is 25.1 Å². The Morgan fingerprint density at radius 1 is 1.47 bits per heavy atom. The summed E-state index contributed by atoms with van der Waals surface area (Å²) in [6.45, 7) is 4.39. The topological polar surface area (TPSA) is 76.1 Å². The fraction of sp³-hybridized carbons (Fsp3) is 0.545. The van der Waals surface area contributed by atoms with Crippen molar-refractivity contribution in [2.75, 3.05) is 19.0 Å². The van der Waals surface area contributed by atoms with Crippen molar-refractivity contribution in [3.63, 3.8) is 0 Å². The number of amides is 1. The van der Waals surface area contributed by atoms with Gasteiger partial charge in [0.15, 0.2) is 0 Å². The van der Waals surface area contributed by atoms with Gasteiger partial charge in [-0.05, 0) is 13.8 Å². The third-order valence-corrected chi connectivity index (χ3v) is 1.96. The molecule has 1 aromatic heterocycles. The Morgan fingerprint density at radius 2 is 2.24 bits per heavy atom. The SMILES string of the molecule is COc1cc(NCCC(=O)NC(C)C)ncn1. The lowest BCUT2D eigenvalue weighted by Crippen LogP contribution is -2.31. The highest BCUT2D eigenvalue weighted by Gasteiger charge is 2.03. The van der Waals surface area contributed by atoms with Crippen LogP contribution in [0.2, 0.25) is 0 Å². The van der Waals surface area contributed by atoms with E-state index in [1.165, 1.54) is 6.33 Å². The van der Waals surface area contributed by atoms with Gasteiger partial charge in [-0.1, -0.05) is 0 Å². The van der Waals surface area contributed by atoms with Crippen LogP contribution in [0.3, 0.4) is 0 Å². The standard InChI is InChI=1S/C11H18N4O2/c1-8(2)15-10(16)4-5-12-9-6-11(17-3)14-7-13-9/h6-8H,4-5H2,1-3H3,(H,15,16)(H,12,13,14). The van der Waals surface area contributed by atoms with Crippen molar-refractivity contribution in [2.45, 2.75) is 26.3 Å². The summed E-state index contributed by atoms with van der Waals surface area (Å²) in [7, 11) is 1.54. The van der Waals surface area contributed by atoms with Crippen molar-refractivity contribution in [3.8, 4) is 5.88 Å². The number of methoxy groups -OCH3 is 1. The Labute approximate surface area is 101 Å². The molecule has 17 heavy (non-hydrogen) atoms. The van der Waals surface area contributed by atoms with Crippen LogP contribution in [-0.4, -0.2) is 35.6 Å². The summed E-state index contributed by atoms with van der Waals surface area (Å²) in [6, 6.07) is 1.85. The van der Waals surface area contributed by atoms with Gasteiger partial charge in [0.05, 0.1) is 7.11 Å². The summed E-state index contributed by atoms with van der Waals surface area (Å²) >= 11 is 0. The van der Waals surface area contributed by atoms with Crippen LogP contribution >= 0.6 is 0 Å². The second kappa shape index (κ2) is 6.67. The molecule has 0 bridgehead atoms. The molecule has 1 aromatic rings. The van der Waals surface area contributed by atoms with Crippen LogP contribution in [0.5, 0.6) is 5.88 Å². The lowest BCUT2D eigenvalue weighted by Gasteiger charge is -2.09.